The average Bonchev–Trinajstić information content (AvgIpc) is 3.63. The molecule has 0 aliphatic carbocycles. The van der Waals surface area contributed by atoms with Crippen LogP contribution in [0.15, 0.2) is 60.9 Å². The number of ketones is 1. The van der Waals surface area contributed by atoms with Crippen molar-refractivity contribution in [3.05, 3.63) is 89.4 Å². The van der Waals surface area contributed by atoms with Crippen molar-refractivity contribution in [3.63, 3.8) is 0 Å². The van der Waals surface area contributed by atoms with Crippen LogP contribution in [0, 0.1) is 24.5 Å². The fraction of sp³-hybridized carbons (Fsp3) is 0.406. The number of halogens is 2. The normalized spacial score (nSPS) is 17.5. The quantitative estimate of drug-likeness (QED) is 0.242. The molecule has 0 unspecified atom stereocenters. The summed E-state index contributed by atoms with van der Waals surface area (Å²) < 4.78 is 37.3. The van der Waals surface area contributed by atoms with Crippen LogP contribution in [0.1, 0.15) is 43.0 Å². The summed E-state index contributed by atoms with van der Waals surface area (Å²) in [5.41, 5.74) is 5.06. The van der Waals surface area contributed by atoms with Crippen LogP contribution in [0.2, 0.25) is 0 Å². The van der Waals surface area contributed by atoms with Gasteiger partial charge in [0.25, 0.3) is 0 Å². The second-order valence-corrected chi connectivity index (χ2v) is 11.2. The molecule has 0 amide bonds. The lowest BCUT2D eigenvalue weighted by Gasteiger charge is -2.19. The van der Waals surface area contributed by atoms with E-state index >= 15 is 0 Å². The Labute approximate surface area is 239 Å². The third-order valence-corrected chi connectivity index (χ3v) is 7.82. The molecule has 5 rings (SSSR count). The third-order valence-electron chi connectivity index (χ3n) is 7.82. The van der Waals surface area contributed by atoms with Crippen molar-refractivity contribution in [1.82, 2.24) is 24.5 Å². The van der Waals surface area contributed by atoms with Crippen molar-refractivity contribution in [2.75, 3.05) is 26.2 Å². The van der Waals surface area contributed by atoms with Crippen LogP contribution in [0.5, 0.6) is 0 Å². The number of hydrogen-bond acceptors (Lipinski definition) is 5. The number of Topliss-reactive ketones (excluding diaryl/α,β-unsaturated/α-hetero) is 1. The molecular weight excluding hydrogens is 524 g/mol. The van der Waals surface area contributed by atoms with E-state index in [4.69, 9.17) is 9.84 Å². The van der Waals surface area contributed by atoms with Crippen LogP contribution in [-0.4, -0.2) is 62.6 Å². The number of ether oxygens (including phenoxy) is 1. The molecule has 0 bridgehead atoms. The molecule has 0 spiro atoms. The summed E-state index contributed by atoms with van der Waals surface area (Å²) in [5, 5.41) is 9.20. The van der Waals surface area contributed by atoms with Gasteiger partial charge in [0.1, 0.15) is 5.78 Å². The molecule has 41 heavy (non-hydrogen) atoms. The Balaban J connectivity index is 1.39. The molecule has 0 saturated carbocycles. The van der Waals surface area contributed by atoms with Crippen molar-refractivity contribution in [1.29, 1.82) is 0 Å². The molecule has 2 atom stereocenters. The van der Waals surface area contributed by atoms with Gasteiger partial charge in [-0.15, -0.1) is 0 Å². The van der Waals surface area contributed by atoms with Gasteiger partial charge in [0.15, 0.2) is 11.6 Å². The highest BCUT2D eigenvalue weighted by Gasteiger charge is 2.35. The molecule has 216 valence electrons. The van der Waals surface area contributed by atoms with Crippen LogP contribution < -0.4 is 0 Å². The van der Waals surface area contributed by atoms with E-state index < -0.39 is 11.6 Å². The van der Waals surface area contributed by atoms with E-state index in [1.807, 2.05) is 69.0 Å². The number of aromatic nitrogens is 4. The summed E-state index contributed by atoms with van der Waals surface area (Å²) in [6, 6.07) is 13.9. The van der Waals surface area contributed by atoms with Crippen LogP contribution in [0.3, 0.4) is 0 Å². The van der Waals surface area contributed by atoms with E-state index in [2.05, 4.69) is 10.00 Å². The lowest BCUT2D eigenvalue weighted by atomic mass is 9.85. The number of aryl methyl sites for hydroxylation is 1. The monoisotopic (exact) mass is 561 g/mol. The van der Waals surface area contributed by atoms with Crippen LogP contribution in [0.4, 0.5) is 8.78 Å². The lowest BCUT2D eigenvalue weighted by Crippen LogP contribution is -2.26. The van der Waals surface area contributed by atoms with Gasteiger partial charge in [-0.05, 0) is 62.1 Å². The van der Waals surface area contributed by atoms with Crippen molar-refractivity contribution >= 4 is 5.78 Å². The minimum absolute atomic E-state index is 0.0300. The Kier molecular flexibility index (Phi) is 8.75. The second kappa shape index (κ2) is 12.4. The van der Waals surface area contributed by atoms with E-state index in [0.29, 0.717) is 26.1 Å². The van der Waals surface area contributed by atoms with Crippen molar-refractivity contribution in [2.45, 2.75) is 45.6 Å². The first-order valence-corrected chi connectivity index (χ1v) is 14.1. The molecule has 1 fully saturated rings. The Morgan fingerprint density at radius 1 is 1.10 bits per heavy atom. The molecule has 4 aromatic rings. The molecule has 0 radical (unpaired) electrons. The van der Waals surface area contributed by atoms with Crippen LogP contribution in [-0.2, 0) is 23.0 Å². The standard InChI is InChI=1S/C32H37F2N5O2/c1-21(2)41-13-12-38-19-24(28(20-38)23-10-11-29(33)30(34)15-23)14-27(40)16-31-22(3)32(25-17-35-37(4)18-25)36-39(31)26-8-6-5-7-9-26/h5-11,15,17-18,21,24,28H,12-14,16,19-20H2,1-4H3/t24-,28+/m1/s1. The molecule has 7 nitrogen and oxygen atoms in total. The van der Waals surface area contributed by atoms with E-state index in [1.165, 1.54) is 12.1 Å². The first-order chi connectivity index (χ1) is 19.7. The number of carbonyl (C=O) groups is 1. The zero-order valence-electron chi connectivity index (χ0n) is 24.1. The second-order valence-electron chi connectivity index (χ2n) is 11.2. The summed E-state index contributed by atoms with van der Waals surface area (Å²) in [6.45, 7) is 8.64. The molecule has 1 aliphatic rings. The highest BCUT2D eigenvalue weighted by molar-refractivity contribution is 5.82. The Bertz CT molecular complexity index is 1500. The molecule has 3 heterocycles. The zero-order valence-corrected chi connectivity index (χ0v) is 24.1. The van der Waals surface area contributed by atoms with Gasteiger partial charge in [-0.2, -0.15) is 10.2 Å². The number of likely N-dealkylation sites (tertiary alicyclic amines) is 1. The highest BCUT2D eigenvalue weighted by Crippen LogP contribution is 2.36. The third kappa shape index (κ3) is 6.63. The van der Waals surface area contributed by atoms with Crippen molar-refractivity contribution < 1.29 is 18.3 Å². The molecule has 2 aromatic heterocycles. The number of benzene rings is 2. The molecule has 2 aromatic carbocycles. The van der Waals surface area contributed by atoms with E-state index in [1.54, 1.807) is 16.9 Å². The Hall–Kier alpha value is -3.69. The largest absolute Gasteiger partial charge is 0.377 e. The number of rotatable bonds is 11. The Morgan fingerprint density at radius 3 is 2.56 bits per heavy atom. The number of carbonyl (C=O) groups excluding carboxylic acids is 1. The number of para-hydroxylation sites is 1. The fourth-order valence-electron chi connectivity index (χ4n) is 5.78. The maximum atomic E-state index is 14.2. The predicted octanol–water partition coefficient (Wildman–Crippen LogP) is 5.50. The Morgan fingerprint density at radius 2 is 1.88 bits per heavy atom. The highest BCUT2D eigenvalue weighted by atomic mass is 19.2. The van der Waals surface area contributed by atoms with E-state index in [9.17, 15) is 13.6 Å². The van der Waals surface area contributed by atoms with Crippen molar-refractivity contribution in [2.24, 2.45) is 13.0 Å². The SMILES string of the molecule is Cc1c(-c2cnn(C)c2)nn(-c2ccccc2)c1CC(=O)C[C@@H]1CN(CCOC(C)C)C[C@H]1c1ccc(F)c(F)c1. The minimum atomic E-state index is -0.865. The predicted molar refractivity (Wildman–Crippen MR) is 154 cm³/mol. The van der Waals surface area contributed by atoms with Gasteiger partial charge in [0.2, 0.25) is 0 Å². The maximum absolute atomic E-state index is 14.2. The fourth-order valence-corrected chi connectivity index (χ4v) is 5.78. The summed E-state index contributed by atoms with van der Waals surface area (Å²) in [6.07, 6.45) is 4.36. The lowest BCUT2D eigenvalue weighted by molar-refractivity contribution is -0.119. The van der Waals surface area contributed by atoms with E-state index in [-0.39, 0.29) is 30.1 Å². The average molecular weight is 562 g/mol. The summed E-state index contributed by atoms with van der Waals surface area (Å²) in [4.78, 5) is 16.0. The molecule has 9 heteroatoms. The maximum Gasteiger partial charge on any atom is 0.159 e. The van der Waals surface area contributed by atoms with Gasteiger partial charge in [-0.1, -0.05) is 24.3 Å². The smallest absolute Gasteiger partial charge is 0.159 e. The van der Waals surface area contributed by atoms with Gasteiger partial charge >= 0.3 is 0 Å². The number of nitrogens with zero attached hydrogens (tertiary/aromatic N) is 5. The molecule has 0 N–H and O–H groups in total. The molecule has 1 saturated heterocycles. The summed E-state index contributed by atoms with van der Waals surface area (Å²) >= 11 is 0. The molecular formula is C32H37F2N5O2. The van der Waals surface area contributed by atoms with Gasteiger partial charge < -0.3 is 9.64 Å². The van der Waals surface area contributed by atoms with E-state index in [0.717, 1.165) is 40.3 Å². The minimum Gasteiger partial charge on any atom is -0.377 e. The van der Waals surface area contributed by atoms with Gasteiger partial charge in [0.05, 0.1) is 36.0 Å². The summed E-state index contributed by atoms with van der Waals surface area (Å²) in [7, 11) is 1.86. The first-order valence-electron chi connectivity index (χ1n) is 14.1. The number of hydrogen-bond donors (Lipinski definition) is 0. The first kappa shape index (κ1) is 28.8. The van der Waals surface area contributed by atoms with Gasteiger partial charge in [-0.3, -0.25) is 9.48 Å². The summed E-state index contributed by atoms with van der Waals surface area (Å²) in [5.74, 6) is -1.76. The topological polar surface area (TPSA) is 65.2 Å². The van der Waals surface area contributed by atoms with Gasteiger partial charge in [0, 0.05) is 57.2 Å². The van der Waals surface area contributed by atoms with Crippen LogP contribution >= 0.6 is 0 Å². The van der Waals surface area contributed by atoms with Gasteiger partial charge in [-0.25, -0.2) is 13.5 Å². The van der Waals surface area contributed by atoms with Crippen LogP contribution in [0.25, 0.3) is 16.9 Å². The zero-order chi connectivity index (χ0) is 29.1. The molecule has 1 aliphatic heterocycles. The van der Waals surface area contributed by atoms with Crippen molar-refractivity contribution in [3.8, 4) is 16.9 Å².